The van der Waals surface area contributed by atoms with Crippen molar-refractivity contribution in [2.75, 3.05) is 0 Å². The number of hydrogen-bond donors (Lipinski definition) is 0. The van der Waals surface area contributed by atoms with Crippen molar-refractivity contribution in [3.05, 3.63) is 18.1 Å². The van der Waals surface area contributed by atoms with E-state index in [1.165, 1.54) is 51.4 Å². The van der Waals surface area contributed by atoms with Gasteiger partial charge in [-0.2, -0.15) is 0 Å². The van der Waals surface area contributed by atoms with Crippen LogP contribution < -0.4 is 0 Å². The van der Waals surface area contributed by atoms with Gasteiger partial charge in [-0.3, -0.25) is 0 Å². The molecule has 0 saturated heterocycles. The van der Waals surface area contributed by atoms with E-state index in [0.717, 1.165) is 0 Å². The average molecular weight is 165 g/mol. The molecule has 0 aromatic carbocycles. The van der Waals surface area contributed by atoms with Crippen molar-refractivity contribution in [2.24, 2.45) is 0 Å². The van der Waals surface area contributed by atoms with E-state index < -0.39 is 0 Å². The van der Waals surface area contributed by atoms with E-state index in [2.05, 4.69) is 19.4 Å². The smallest absolute Gasteiger partial charge is 0.0317 e. The van der Waals surface area contributed by atoms with Crippen LogP contribution in [0.3, 0.4) is 0 Å². The fourth-order valence-corrected chi connectivity index (χ4v) is 1.76. The summed E-state index contributed by atoms with van der Waals surface area (Å²) < 4.78 is 0. The Morgan fingerprint density at radius 1 is 1.25 bits per heavy atom. The summed E-state index contributed by atoms with van der Waals surface area (Å²) in [7, 11) is 0. The lowest BCUT2D eigenvalue weighted by Crippen LogP contribution is -1.92. The molecule has 0 nitrogen and oxygen atoms in total. The molecule has 1 aliphatic carbocycles. The van der Waals surface area contributed by atoms with Gasteiger partial charge in [0.05, 0.1) is 0 Å². The molecule has 0 heterocycles. The van der Waals surface area contributed by atoms with Crippen LogP contribution in [0, 0.1) is 6.42 Å². The van der Waals surface area contributed by atoms with Crippen molar-refractivity contribution in [1.29, 1.82) is 0 Å². The average Bonchev–Trinajstić information content (AvgIpc) is 2.14. The standard InChI is InChI=1S/C12H21/c1-2-3-4-6-9-12-10-7-5-8-11-12/h5,10H,2-4,6-9,11H2,1H3. The fraction of sp³-hybridized carbons (Fsp3) is 0.750. The molecule has 0 spiro atoms. The highest BCUT2D eigenvalue weighted by molar-refractivity contribution is 5.08. The highest BCUT2D eigenvalue weighted by Gasteiger charge is 2.02. The fourth-order valence-electron chi connectivity index (χ4n) is 1.76. The molecule has 0 atom stereocenters. The van der Waals surface area contributed by atoms with Gasteiger partial charge in [-0.05, 0) is 38.5 Å². The Kier molecular flexibility index (Phi) is 5.14. The predicted molar refractivity (Wildman–Crippen MR) is 55.0 cm³/mol. The van der Waals surface area contributed by atoms with Gasteiger partial charge in [0.25, 0.3) is 0 Å². The Labute approximate surface area is 77.1 Å². The molecule has 1 aliphatic rings. The molecule has 0 aromatic heterocycles. The van der Waals surface area contributed by atoms with Crippen molar-refractivity contribution >= 4 is 0 Å². The first kappa shape index (κ1) is 9.83. The quantitative estimate of drug-likeness (QED) is 0.421. The second-order valence-corrected chi connectivity index (χ2v) is 3.74. The molecule has 0 saturated carbocycles. The van der Waals surface area contributed by atoms with Gasteiger partial charge >= 0.3 is 0 Å². The first-order chi connectivity index (χ1) is 5.93. The lowest BCUT2D eigenvalue weighted by atomic mass is 9.95. The molecule has 0 bridgehead atoms. The molecule has 0 aromatic rings. The first-order valence-corrected chi connectivity index (χ1v) is 5.43. The minimum absolute atomic E-state index is 1.23. The van der Waals surface area contributed by atoms with Crippen molar-refractivity contribution in [3.63, 3.8) is 0 Å². The molecule has 0 unspecified atom stereocenters. The highest BCUT2D eigenvalue weighted by atomic mass is 14.1. The number of hydrogen-bond acceptors (Lipinski definition) is 0. The van der Waals surface area contributed by atoms with Crippen LogP contribution in [0.4, 0.5) is 0 Å². The van der Waals surface area contributed by atoms with E-state index in [1.54, 1.807) is 5.57 Å². The van der Waals surface area contributed by atoms with Gasteiger partial charge in [-0.25, -0.2) is 0 Å². The van der Waals surface area contributed by atoms with Crippen LogP contribution in [0.15, 0.2) is 11.6 Å². The minimum atomic E-state index is 1.23. The molecule has 69 valence electrons. The topological polar surface area (TPSA) is 0 Å². The Balaban J connectivity index is 2.01. The SMILES string of the molecule is CCCCCCC1=CC[CH]CC1. The monoisotopic (exact) mass is 165 g/mol. The maximum Gasteiger partial charge on any atom is -0.0317 e. The van der Waals surface area contributed by atoms with Crippen LogP contribution in [0.5, 0.6) is 0 Å². The summed E-state index contributed by atoms with van der Waals surface area (Å²) >= 11 is 0. The van der Waals surface area contributed by atoms with E-state index in [-0.39, 0.29) is 0 Å². The zero-order valence-electron chi connectivity index (χ0n) is 8.31. The summed E-state index contributed by atoms with van der Waals surface area (Å²) in [6.07, 6.45) is 15.7. The second-order valence-electron chi connectivity index (χ2n) is 3.74. The molecule has 0 amide bonds. The van der Waals surface area contributed by atoms with E-state index in [4.69, 9.17) is 0 Å². The first-order valence-electron chi connectivity index (χ1n) is 5.43. The Morgan fingerprint density at radius 2 is 2.17 bits per heavy atom. The Morgan fingerprint density at radius 3 is 2.83 bits per heavy atom. The summed E-state index contributed by atoms with van der Waals surface area (Å²) in [5.74, 6) is 0. The van der Waals surface area contributed by atoms with Crippen molar-refractivity contribution in [3.8, 4) is 0 Å². The van der Waals surface area contributed by atoms with Crippen LogP contribution in [-0.2, 0) is 0 Å². The summed E-state index contributed by atoms with van der Waals surface area (Å²) in [5.41, 5.74) is 1.72. The molecule has 0 aliphatic heterocycles. The van der Waals surface area contributed by atoms with Crippen molar-refractivity contribution in [1.82, 2.24) is 0 Å². The Bertz CT molecular complexity index is 133. The summed E-state index contributed by atoms with van der Waals surface area (Å²) in [6, 6.07) is 0. The van der Waals surface area contributed by atoms with Crippen molar-refractivity contribution in [2.45, 2.75) is 58.3 Å². The van der Waals surface area contributed by atoms with Gasteiger partial charge < -0.3 is 0 Å². The van der Waals surface area contributed by atoms with Crippen LogP contribution >= 0.6 is 0 Å². The van der Waals surface area contributed by atoms with Gasteiger partial charge in [-0.15, -0.1) is 0 Å². The lowest BCUT2D eigenvalue weighted by Gasteiger charge is -2.11. The zero-order chi connectivity index (χ0) is 8.65. The largest absolute Gasteiger partial charge is 0.0850 e. The minimum Gasteiger partial charge on any atom is -0.0850 e. The van der Waals surface area contributed by atoms with Gasteiger partial charge in [0.15, 0.2) is 0 Å². The maximum absolute atomic E-state index is 2.43. The second kappa shape index (κ2) is 6.28. The summed E-state index contributed by atoms with van der Waals surface area (Å²) in [6.45, 7) is 2.27. The van der Waals surface area contributed by atoms with Crippen molar-refractivity contribution < 1.29 is 0 Å². The summed E-state index contributed by atoms with van der Waals surface area (Å²) in [5, 5.41) is 0. The van der Waals surface area contributed by atoms with Crippen LogP contribution in [0.25, 0.3) is 0 Å². The van der Waals surface area contributed by atoms with Crippen LogP contribution in [0.2, 0.25) is 0 Å². The number of unbranched alkanes of at least 4 members (excludes halogenated alkanes) is 3. The van der Waals surface area contributed by atoms with Gasteiger partial charge in [0.1, 0.15) is 0 Å². The van der Waals surface area contributed by atoms with Crippen LogP contribution in [-0.4, -0.2) is 0 Å². The molecular formula is C12H21. The summed E-state index contributed by atoms with van der Waals surface area (Å²) in [4.78, 5) is 0. The van der Waals surface area contributed by atoms with E-state index in [1.807, 2.05) is 0 Å². The highest BCUT2D eigenvalue weighted by Crippen LogP contribution is 2.21. The van der Waals surface area contributed by atoms with Crippen LogP contribution in [0.1, 0.15) is 58.3 Å². The molecule has 1 rings (SSSR count). The predicted octanol–water partition coefficient (Wildman–Crippen LogP) is 4.27. The third-order valence-electron chi connectivity index (χ3n) is 2.59. The molecular weight excluding hydrogens is 144 g/mol. The lowest BCUT2D eigenvalue weighted by molar-refractivity contribution is 0.646. The van der Waals surface area contributed by atoms with Gasteiger partial charge in [-0.1, -0.05) is 37.8 Å². The third-order valence-corrected chi connectivity index (χ3v) is 2.59. The van der Waals surface area contributed by atoms with Gasteiger partial charge in [0.2, 0.25) is 0 Å². The molecule has 1 radical (unpaired) electrons. The number of allylic oxidation sites excluding steroid dienone is 2. The molecule has 0 N–H and O–H groups in total. The van der Waals surface area contributed by atoms with E-state index in [9.17, 15) is 0 Å². The molecule has 0 fully saturated rings. The number of rotatable bonds is 5. The van der Waals surface area contributed by atoms with E-state index >= 15 is 0 Å². The maximum atomic E-state index is 2.43. The zero-order valence-corrected chi connectivity index (χ0v) is 8.31. The molecule has 0 heteroatoms. The molecule has 12 heavy (non-hydrogen) atoms. The normalized spacial score (nSPS) is 17.6. The third kappa shape index (κ3) is 3.94. The van der Waals surface area contributed by atoms with Gasteiger partial charge in [0, 0.05) is 0 Å². The van der Waals surface area contributed by atoms with E-state index in [0.29, 0.717) is 0 Å². The Hall–Kier alpha value is -0.260.